The first-order valence-corrected chi connectivity index (χ1v) is 5.62. The molecule has 0 radical (unpaired) electrons. The molecule has 0 aliphatic carbocycles. The fraction of sp³-hybridized carbons (Fsp3) is 0.545. The highest BCUT2D eigenvalue weighted by atomic mass is 16.2. The quantitative estimate of drug-likeness (QED) is 0.488. The molecule has 2 aliphatic heterocycles. The summed E-state index contributed by atoms with van der Waals surface area (Å²) >= 11 is 0. The molecule has 1 atom stereocenters. The molecule has 0 aromatic carbocycles. The van der Waals surface area contributed by atoms with Crippen LogP contribution >= 0.6 is 0 Å². The van der Waals surface area contributed by atoms with E-state index in [0.717, 1.165) is 0 Å². The van der Waals surface area contributed by atoms with Gasteiger partial charge in [0.1, 0.15) is 5.54 Å². The number of nitrogens with zero attached hydrogens (tertiary/aromatic N) is 1. The average molecular weight is 237 g/mol. The highest BCUT2D eigenvalue weighted by Crippen LogP contribution is 2.24. The number of rotatable bonds is 1. The van der Waals surface area contributed by atoms with Crippen molar-refractivity contribution in [3.63, 3.8) is 0 Å². The minimum absolute atomic E-state index is 0.125. The molecule has 2 saturated heterocycles. The molecule has 92 valence electrons. The lowest BCUT2D eigenvalue weighted by Gasteiger charge is -2.37. The number of imide groups is 1. The van der Waals surface area contributed by atoms with Gasteiger partial charge in [0.25, 0.3) is 5.91 Å². The van der Waals surface area contributed by atoms with Crippen molar-refractivity contribution in [1.29, 1.82) is 0 Å². The van der Waals surface area contributed by atoms with Crippen LogP contribution in [0.3, 0.4) is 0 Å². The summed E-state index contributed by atoms with van der Waals surface area (Å²) in [6, 6.07) is -0.477. The lowest BCUT2D eigenvalue weighted by atomic mass is 9.89. The molecule has 0 saturated carbocycles. The fourth-order valence-electron chi connectivity index (χ4n) is 2.31. The summed E-state index contributed by atoms with van der Waals surface area (Å²) in [5, 5.41) is 4.85. The van der Waals surface area contributed by atoms with E-state index in [9.17, 15) is 14.4 Å². The van der Waals surface area contributed by atoms with Crippen molar-refractivity contribution < 1.29 is 14.4 Å². The zero-order chi connectivity index (χ0) is 12.5. The van der Waals surface area contributed by atoms with Crippen molar-refractivity contribution >= 4 is 17.8 Å². The monoisotopic (exact) mass is 237 g/mol. The minimum Gasteiger partial charge on any atom is -0.336 e. The smallest absolute Gasteiger partial charge is 0.322 e. The predicted molar refractivity (Wildman–Crippen MR) is 60.0 cm³/mol. The van der Waals surface area contributed by atoms with Crippen LogP contribution in [0.2, 0.25) is 0 Å². The molecule has 2 fully saturated rings. The van der Waals surface area contributed by atoms with Crippen molar-refractivity contribution in [3.8, 4) is 0 Å². The van der Waals surface area contributed by atoms with Gasteiger partial charge >= 0.3 is 6.03 Å². The third-order valence-electron chi connectivity index (χ3n) is 3.13. The Morgan fingerprint density at radius 2 is 2.24 bits per heavy atom. The van der Waals surface area contributed by atoms with Crippen LogP contribution in [0.5, 0.6) is 0 Å². The van der Waals surface area contributed by atoms with E-state index in [1.165, 1.54) is 6.08 Å². The Hall–Kier alpha value is -1.85. The molecule has 1 spiro atoms. The molecule has 0 bridgehead atoms. The number of likely N-dealkylation sites (tertiary alicyclic amines) is 1. The van der Waals surface area contributed by atoms with E-state index < -0.39 is 11.6 Å². The number of urea groups is 1. The summed E-state index contributed by atoms with van der Waals surface area (Å²) in [5.41, 5.74) is -0.924. The van der Waals surface area contributed by atoms with Crippen molar-refractivity contribution in [2.24, 2.45) is 0 Å². The lowest BCUT2D eigenvalue weighted by molar-refractivity contribution is -0.132. The highest BCUT2D eigenvalue weighted by Gasteiger charge is 2.49. The minimum atomic E-state index is -0.924. The number of amides is 4. The molecule has 6 heteroatoms. The summed E-state index contributed by atoms with van der Waals surface area (Å²) in [5.74, 6) is -0.457. The van der Waals surface area contributed by atoms with E-state index >= 15 is 0 Å². The number of carbonyl (C=O) groups is 3. The van der Waals surface area contributed by atoms with Gasteiger partial charge in [-0.15, -0.1) is 0 Å². The van der Waals surface area contributed by atoms with Crippen molar-refractivity contribution in [2.45, 2.75) is 25.3 Å². The van der Waals surface area contributed by atoms with Crippen LogP contribution in [-0.4, -0.2) is 41.4 Å². The third kappa shape index (κ3) is 2.02. The molecule has 2 rings (SSSR count). The third-order valence-corrected chi connectivity index (χ3v) is 3.13. The summed E-state index contributed by atoms with van der Waals surface area (Å²) < 4.78 is 0. The second-order valence-electron chi connectivity index (χ2n) is 4.35. The summed E-state index contributed by atoms with van der Waals surface area (Å²) in [4.78, 5) is 36.2. The molecular weight excluding hydrogens is 222 g/mol. The van der Waals surface area contributed by atoms with E-state index in [2.05, 4.69) is 10.6 Å². The molecular formula is C11H15N3O3. The van der Waals surface area contributed by atoms with Crippen LogP contribution in [0, 0.1) is 0 Å². The Kier molecular flexibility index (Phi) is 2.87. The largest absolute Gasteiger partial charge is 0.336 e. The van der Waals surface area contributed by atoms with Crippen LogP contribution in [0.1, 0.15) is 19.8 Å². The molecule has 1 unspecified atom stereocenters. The Morgan fingerprint density at radius 3 is 2.82 bits per heavy atom. The van der Waals surface area contributed by atoms with Crippen LogP contribution < -0.4 is 10.6 Å². The average Bonchev–Trinajstić information content (AvgIpc) is 2.54. The number of nitrogens with one attached hydrogen (secondary N) is 2. The van der Waals surface area contributed by atoms with Gasteiger partial charge in [-0.1, -0.05) is 6.08 Å². The van der Waals surface area contributed by atoms with Crippen molar-refractivity contribution in [2.75, 3.05) is 13.1 Å². The van der Waals surface area contributed by atoms with E-state index in [1.54, 1.807) is 17.9 Å². The van der Waals surface area contributed by atoms with E-state index in [4.69, 9.17) is 0 Å². The van der Waals surface area contributed by atoms with E-state index in [0.29, 0.717) is 19.4 Å². The number of hydrogen-bond donors (Lipinski definition) is 2. The number of hydrogen-bond acceptors (Lipinski definition) is 3. The maximum atomic E-state index is 11.7. The maximum absolute atomic E-state index is 11.7. The van der Waals surface area contributed by atoms with Gasteiger partial charge < -0.3 is 10.2 Å². The second kappa shape index (κ2) is 4.20. The van der Waals surface area contributed by atoms with Crippen molar-refractivity contribution in [3.05, 3.63) is 12.2 Å². The normalized spacial score (nSPS) is 28.6. The molecule has 6 nitrogen and oxygen atoms in total. The Labute approximate surface area is 99.0 Å². The van der Waals surface area contributed by atoms with Crippen LogP contribution in [-0.2, 0) is 9.59 Å². The zero-order valence-corrected chi connectivity index (χ0v) is 9.66. The van der Waals surface area contributed by atoms with Crippen molar-refractivity contribution in [1.82, 2.24) is 15.5 Å². The lowest BCUT2D eigenvalue weighted by Crippen LogP contribution is -2.59. The van der Waals surface area contributed by atoms with Gasteiger partial charge in [0.15, 0.2) is 0 Å². The van der Waals surface area contributed by atoms with Gasteiger partial charge in [0.2, 0.25) is 5.91 Å². The molecule has 2 N–H and O–H groups in total. The highest BCUT2D eigenvalue weighted by molar-refractivity contribution is 6.07. The summed E-state index contributed by atoms with van der Waals surface area (Å²) in [6.45, 7) is 2.63. The van der Waals surface area contributed by atoms with Gasteiger partial charge in [-0.2, -0.15) is 0 Å². The number of allylic oxidation sites excluding steroid dienone is 1. The Bertz CT molecular complexity index is 405. The standard InChI is InChI=1S/C11H15N3O3/c1-2-4-8(15)14-6-3-5-11(7-14)9(16)12-10(17)13-11/h2,4H,3,5-7H2,1H3,(H2,12,13,16,17)/b4-2+. The predicted octanol–water partition coefficient (Wildman–Crippen LogP) is -0.237. The number of piperidine rings is 1. The van der Waals surface area contributed by atoms with Crippen LogP contribution in [0.4, 0.5) is 4.79 Å². The van der Waals surface area contributed by atoms with Gasteiger partial charge in [0, 0.05) is 6.54 Å². The van der Waals surface area contributed by atoms with Gasteiger partial charge in [0.05, 0.1) is 6.54 Å². The van der Waals surface area contributed by atoms with Crippen LogP contribution in [0.25, 0.3) is 0 Å². The molecule has 0 aromatic rings. The Balaban J connectivity index is 2.14. The first-order valence-electron chi connectivity index (χ1n) is 5.62. The van der Waals surface area contributed by atoms with Gasteiger partial charge in [-0.3, -0.25) is 14.9 Å². The van der Waals surface area contributed by atoms with Gasteiger partial charge in [-0.25, -0.2) is 4.79 Å². The van der Waals surface area contributed by atoms with Gasteiger partial charge in [-0.05, 0) is 25.8 Å². The van der Waals surface area contributed by atoms with E-state index in [1.807, 2.05) is 0 Å². The molecule has 0 aromatic heterocycles. The molecule has 2 heterocycles. The molecule has 4 amide bonds. The SMILES string of the molecule is C/C=C/C(=O)N1CCCC2(C1)NC(=O)NC2=O. The first-order chi connectivity index (χ1) is 8.07. The maximum Gasteiger partial charge on any atom is 0.322 e. The molecule has 17 heavy (non-hydrogen) atoms. The summed E-state index contributed by atoms with van der Waals surface area (Å²) in [6.07, 6.45) is 4.41. The topological polar surface area (TPSA) is 78.5 Å². The number of carbonyl (C=O) groups excluding carboxylic acids is 3. The fourth-order valence-corrected chi connectivity index (χ4v) is 2.31. The van der Waals surface area contributed by atoms with E-state index in [-0.39, 0.29) is 18.4 Å². The summed E-state index contributed by atoms with van der Waals surface area (Å²) in [7, 11) is 0. The Morgan fingerprint density at radius 1 is 1.47 bits per heavy atom. The molecule has 2 aliphatic rings. The second-order valence-corrected chi connectivity index (χ2v) is 4.35. The zero-order valence-electron chi connectivity index (χ0n) is 9.66. The first kappa shape index (κ1) is 11.6. The van der Waals surface area contributed by atoms with Crippen LogP contribution in [0.15, 0.2) is 12.2 Å².